The lowest BCUT2D eigenvalue weighted by Gasteiger charge is -2.41. The second kappa shape index (κ2) is 9.31. The maximum atomic E-state index is 13.5. The molecule has 0 unspecified atom stereocenters. The predicted octanol–water partition coefficient (Wildman–Crippen LogP) is 7.43. The molecule has 232 valence electrons. The van der Waals surface area contributed by atoms with Crippen LogP contribution in [0, 0.1) is 0 Å². The normalized spacial score (nSPS) is 16.8. The third-order valence-corrected chi connectivity index (χ3v) is 3.94. The van der Waals surface area contributed by atoms with Crippen LogP contribution in [0.4, 0.5) is 101 Å². The zero-order chi connectivity index (χ0) is 32.4. The third kappa shape index (κ3) is 5.11. The molecule has 0 aliphatic carbocycles. The highest BCUT2D eigenvalue weighted by Gasteiger charge is 2.92. The van der Waals surface area contributed by atoms with E-state index in [1.54, 1.807) is 0 Å². The minimum Gasteiger partial charge on any atom is -0.475 e. The molecule has 0 saturated heterocycles. The molecule has 0 amide bonds. The van der Waals surface area contributed by atoms with Gasteiger partial charge < -0.3 is 5.11 Å². The van der Waals surface area contributed by atoms with Crippen molar-refractivity contribution in [1.82, 2.24) is 0 Å². The van der Waals surface area contributed by atoms with Gasteiger partial charge >= 0.3 is 65.8 Å². The van der Waals surface area contributed by atoms with E-state index in [-0.39, 0.29) is 0 Å². The summed E-state index contributed by atoms with van der Waals surface area (Å²) < 4.78 is 300. The van der Waals surface area contributed by atoms with Crippen LogP contribution in [0.25, 0.3) is 0 Å². The van der Waals surface area contributed by atoms with E-state index in [0.717, 1.165) is 0 Å². The van der Waals surface area contributed by atoms with Crippen molar-refractivity contribution in [1.29, 1.82) is 0 Å². The smallest absolute Gasteiger partial charge is 0.460 e. The van der Waals surface area contributed by atoms with Crippen LogP contribution >= 0.6 is 0 Å². The Morgan fingerprint density at radius 3 is 1.03 bits per heavy atom. The maximum absolute atomic E-state index is 13.5. The number of allylic oxidation sites excluding steroid dienone is 2. The molecule has 0 atom stereocenters. The van der Waals surface area contributed by atoms with Gasteiger partial charge in [-0.1, -0.05) is 0 Å². The monoisotopic (exact) mass is 642 g/mol. The lowest BCUT2D eigenvalue weighted by Crippen LogP contribution is -2.71. The summed E-state index contributed by atoms with van der Waals surface area (Å²) in [6, 6.07) is 0. The molecule has 0 radical (unpaired) electrons. The third-order valence-electron chi connectivity index (χ3n) is 3.94. The number of ether oxygens (including phenoxy) is 1. The lowest BCUT2D eigenvalue weighted by atomic mass is 9.92. The summed E-state index contributed by atoms with van der Waals surface area (Å²) in [6.07, 6.45) is -22.7. The van der Waals surface area contributed by atoms with E-state index in [4.69, 9.17) is 5.11 Å². The van der Waals surface area contributed by atoms with Gasteiger partial charge in [-0.05, 0) is 0 Å². The Morgan fingerprint density at radius 1 is 0.462 bits per heavy atom. The van der Waals surface area contributed by atoms with Crippen molar-refractivity contribution in [3.05, 3.63) is 11.7 Å². The van der Waals surface area contributed by atoms with Gasteiger partial charge in [0.1, 0.15) is 0 Å². The van der Waals surface area contributed by atoms with Gasteiger partial charge in [-0.3, -0.25) is 0 Å². The number of alkyl halides is 21. The molecule has 3 nitrogen and oxygen atoms in total. The molecule has 0 bridgehead atoms. The van der Waals surface area contributed by atoms with Crippen molar-refractivity contribution < 1.29 is 116 Å². The number of rotatable bonds is 11. The summed E-state index contributed by atoms with van der Waals surface area (Å²) in [4.78, 5) is 9.84. The van der Waals surface area contributed by atoms with E-state index in [2.05, 4.69) is 0 Å². The fraction of sp³-hybridized carbons (Fsp3) is 0.769. The average molecular weight is 642 g/mol. The molecule has 0 saturated carbocycles. The van der Waals surface area contributed by atoms with Gasteiger partial charge in [-0.2, -0.15) is 92.2 Å². The number of halogens is 23. The Balaban J connectivity index is 7.09. The van der Waals surface area contributed by atoms with Crippen LogP contribution in [-0.4, -0.2) is 70.9 Å². The molecule has 0 spiro atoms. The van der Waals surface area contributed by atoms with Gasteiger partial charge in [-0.15, -0.1) is 0 Å². The van der Waals surface area contributed by atoms with Crippen molar-refractivity contribution in [2.75, 3.05) is 0 Å². The number of aliphatic carboxylic acids is 1. The molecule has 39 heavy (non-hydrogen) atoms. The Kier molecular flexibility index (Phi) is 8.72. The Bertz CT molecular complexity index is 972. The number of carbonyl (C=O) groups is 1. The first kappa shape index (κ1) is 36.6. The van der Waals surface area contributed by atoms with Crippen molar-refractivity contribution in [3.63, 3.8) is 0 Å². The topological polar surface area (TPSA) is 46.5 Å². The largest absolute Gasteiger partial charge is 0.475 e. The quantitative estimate of drug-likeness (QED) is 0.239. The molecule has 0 fully saturated rings. The van der Waals surface area contributed by atoms with Crippen LogP contribution in [0.3, 0.4) is 0 Å². The van der Waals surface area contributed by atoms with Crippen LogP contribution < -0.4 is 0 Å². The first-order valence-electron chi connectivity index (χ1n) is 7.93. The van der Waals surface area contributed by atoms with Crippen LogP contribution in [0.2, 0.25) is 0 Å². The molecule has 0 heterocycles. The summed E-state index contributed by atoms with van der Waals surface area (Å²) in [6.45, 7) is 0. The lowest BCUT2D eigenvalue weighted by molar-refractivity contribution is -0.481. The number of carboxylic acid groups (broad SMARTS) is 1. The van der Waals surface area contributed by atoms with Crippen molar-refractivity contribution in [3.8, 4) is 0 Å². The SMILES string of the molecule is O=C(O)C(F)(F)OC(F)(F)C(F)(F)C(F)(F)C(F)(F)C(F)(F)C(F)(F)/C(F)=C(\F)C(F)(F)C(F)(F)C(F)(F)F. The maximum Gasteiger partial charge on any atom is 0.460 e. The van der Waals surface area contributed by atoms with E-state index in [0.29, 0.717) is 0 Å². The molecule has 0 aliphatic rings. The Labute approximate surface area is 194 Å². The summed E-state index contributed by atoms with van der Waals surface area (Å²) >= 11 is 0. The summed E-state index contributed by atoms with van der Waals surface area (Å²) in [5.41, 5.74) is 0. The van der Waals surface area contributed by atoms with Crippen LogP contribution in [-0.2, 0) is 9.53 Å². The summed E-state index contributed by atoms with van der Waals surface area (Å²) in [7, 11) is 0. The summed E-state index contributed by atoms with van der Waals surface area (Å²) in [5, 5.41) is 7.68. The first-order chi connectivity index (χ1) is 16.5. The van der Waals surface area contributed by atoms with Crippen molar-refractivity contribution in [2.45, 2.75) is 59.9 Å². The van der Waals surface area contributed by atoms with Gasteiger partial charge in [0.15, 0.2) is 0 Å². The molecule has 0 aromatic carbocycles. The van der Waals surface area contributed by atoms with E-state index < -0.39 is 77.5 Å². The van der Waals surface area contributed by atoms with Gasteiger partial charge in [0.05, 0.1) is 0 Å². The Hall–Kier alpha value is -2.44. The summed E-state index contributed by atoms with van der Waals surface area (Å²) in [5.74, 6) is -76.4. The number of carboxylic acids is 1. The van der Waals surface area contributed by atoms with Gasteiger partial charge in [-0.25, -0.2) is 18.3 Å². The van der Waals surface area contributed by atoms with Crippen molar-refractivity contribution >= 4 is 5.97 Å². The molecule has 0 aromatic rings. The standard InChI is InChI=1S/C13HF23O3/c14-1(2(15)5(18,19)8(24,25)12(32,33)34)4(16,17)7(22,23)9(26,27)10(28,29)11(30,31)13(35,36)39-6(20,21)3(37)38/h(H,37,38)/b2-1+. The fourth-order valence-corrected chi connectivity index (χ4v) is 1.77. The van der Waals surface area contributed by atoms with E-state index in [1.165, 1.54) is 4.74 Å². The van der Waals surface area contributed by atoms with Crippen LogP contribution in [0.1, 0.15) is 0 Å². The second-order valence-corrected chi connectivity index (χ2v) is 6.59. The number of hydrogen-bond acceptors (Lipinski definition) is 2. The highest BCUT2D eigenvalue weighted by atomic mass is 19.4. The Morgan fingerprint density at radius 2 is 0.744 bits per heavy atom. The molecular weight excluding hydrogens is 641 g/mol. The fourth-order valence-electron chi connectivity index (χ4n) is 1.77. The molecular formula is C13HF23O3. The van der Waals surface area contributed by atoms with E-state index in [9.17, 15) is 106 Å². The minimum atomic E-state index is -9.13. The van der Waals surface area contributed by atoms with E-state index >= 15 is 0 Å². The zero-order valence-electron chi connectivity index (χ0n) is 16.5. The molecule has 0 aliphatic heterocycles. The van der Waals surface area contributed by atoms with Crippen LogP contribution in [0.5, 0.6) is 0 Å². The highest BCUT2D eigenvalue weighted by molar-refractivity contribution is 5.73. The molecule has 1 N–H and O–H groups in total. The van der Waals surface area contributed by atoms with Crippen molar-refractivity contribution in [2.24, 2.45) is 0 Å². The molecule has 0 aromatic heterocycles. The average Bonchev–Trinajstić information content (AvgIpc) is 2.69. The zero-order valence-corrected chi connectivity index (χ0v) is 16.5. The van der Waals surface area contributed by atoms with Gasteiger partial charge in [0.2, 0.25) is 11.7 Å². The van der Waals surface area contributed by atoms with Gasteiger partial charge in [0.25, 0.3) is 0 Å². The molecule has 26 heteroatoms. The van der Waals surface area contributed by atoms with E-state index in [1.807, 2.05) is 0 Å². The molecule has 0 rings (SSSR count). The van der Waals surface area contributed by atoms with Crippen LogP contribution in [0.15, 0.2) is 11.7 Å². The predicted molar refractivity (Wildman–Crippen MR) is 68.5 cm³/mol. The number of hydrogen-bond donors (Lipinski definition) is 1. The second-order valence-electron chi connectivity index (χ2n) is 6.59. The minimum absolute atomic E-state index is 1.34. The highest BCUT2D eigenvalue weighted by Crippen LogP contribution is 2.63. The van der Waals surface area contributed by atoms with Gasteiger partial charge in [0, 0.05) is 0 Å². The first-order valence-corrected chi connectivity index (χ1v) is 7.93.